The second-order valence-electron chi connectivity index (χ2n) is 23.4. The predicted molar refractivity (Wildman–Crippen MR) is 301 cm³/mol. The van der Waals surface area contributed by atoms with Crippen LogP contribution in [0.4, 0.5) is 0 Å². The molecule has 21 rings (SSSR count). The van der Waals surface area contributed by atoms with Gasteiger partial charge in [-0.25, -0.2) is 29.3 Å². The molecule has 0 radical (unpaired) electrons. The summed E-state index contributed by atoms with van der Waals surface area (Å²) >= 11 is 0. The lowest BCUT2D eigenvalue weighted by Crippen LogP contribution is -2.68. The van der Waals surface area contributed by atoms with Crippen LogP contribution in [0.15, 0.2) is 0 Å². The Balaban J connectivity index is 1.23. The highest BCUT2D eigenvalue weighted by Gasteiger charge is 2.61. The monoisotopic (exact) mass is 1690 g/mol. The van der Waals surface area contributed by atoms with Gasteiger partial charge in [0.1, 0.15) is 171 Å². The Bertz CT molecular complexity index is 3040. The summed E-state index contributed by atoms with van der Waals surface area (Å²) < 4.78 is 343. The van der Waals surface area contributed by atoms with Crippen LogP contribution in [-0.4, -0.2) is 423 Å². The second-order valence-corrected chi connectivity index (χ2v) is 31.0. The van der Waals surface area contributed by atoms with Crippen molar-refractivity contribution in [3.05, 3.63) is 0 Å². The molecule has 21 aliphatic rings. The maximum atomic E-state index is 12.0. The fourth-order valence-corrected chi connectivity index (χ4v) is 13.5. The van der Waals surface area contributed by atoms with Gasteiger partial charge in [0.15, 0.2) is 44.0 Å². The maximum absolute atomic E-state index is 12.0. The van der Waals surface area contributed by atoms with Gasteiger partial charge in [-0.2, -0.15) is 58.9 Å². The molecule has 35 atom stereocenters. The van der Waals surface area contributed by atoms with Gasteiger partial charge >= 0.3 is 72.8 Å². The highest BCUT2D eigenvalue weighted by molar-refractivity contribution is 7.82. The molecule has 21 N–H and O–H groups in total. The number of aliphatic hydroxyl groups is 14. The lowest BCUT2D eigenvalue weighted by Gasteiger charge is -2.50. The van der Waals surface area contributed by atoms with Crippen molar-refractivity contribution in [1.82, 2.24) is 0 Å². The van der Waals surface area contributed by atoms with Crippen LogP contribution in [0.2, 0.25) is 0 Å². The molecule has 21 aliphatic heterocycles. The lowest BCUT2D eigenvalue weighted by atomic mass is 9.95. The molecule has 0 aromatic carbocycles. The van der Waals surface area contributed by atoms with E-state index in [4.69, 9.17) is 66.3 Å². The molecule has 0 aromatic heterocycles. The van der Waals surface area contributed by atoms with Crippen molar-refractivity contribution in [2.45, 2.75) is 215 Å². The quantitative estimate of drug-likeness (QED) is 0.0475. The van der Waals surface area contributed by atoms with Gasteiger partial charge < -0.3 is 138 Å². The molecule has 21 saturated heterocycles. The molecule has 0 unspecified atom stereocenters. The van der Waals surface area contributed by atoms with Gasteiger partial charge in [0.25, 0.3) is 0 Å². The second kappa shape index (κ2) is 34.7. The maximum Gasteiger partial charge on any atom is 0.397 e. The zero-order chi connectivity index (χ0) is 78.5. The molecule has 14 bridgehead atoms. The third-order valence-electron chi connectivity index (χ3n) is 16.2. The van der Waals surface area contributed by atoms with Crippen LogP contribution in [0.5, 0.6) is 0 Å². The van der Waals surface area contributed by atoms with E-state index in [0.29, 0.717) is 0 Å². The number of ether oxygens (including phenoxy) is 14. The van der Waals surface area contributed by atoms with E-state index in [1.54, 1.807) is 0 Å². The zero-order valence-corrected chi connectivity index (χ0v) is 57.4. The minimum atomic E-state index is -5.67. The minimum Gasteiger partial charge on any atom is -0.387 e. The Morgan fingerprint density at radius 1 is 0.171 bits per heavy atom. The summed E-state index contributed by atoms with van der Waals surface area (Å²) in [5.41, 5.74) is 0. The number of rotatable bonds is 21. The largest absolute Gasteiger partial charge is 0.397 e. The van der Waals surface area contributed by atoms with Gasteiger partial charge in [0.05, 0.1) is 46.2 Å². The summed E-state index contributed by atoms with van der Waals surface area (Å²) in [4.78, 5) is 0. The summed E-state index contributed by atoms with van der Waals surface area (Å²) in [6.07, 6.45) is -93.1. The Morgan fingerprint density at radius 2 is 0.267 bits per heavy atom. The van der Waals surface area contributed by atoms with E-state index in [1.165, 1.54) is 0 Å². The van der Waals surface area contributed by atoms with Crippen molar-refractivity contribution in [1.29, 1.82) is 0 Å². The first-order chi connectivity index (χ1) is 48.2. The van der Waals surface area contributed by atoms with E-state index < -0.39 is 334 Å². The van der Waals surface area contributed by atoms with E-state index in [1.807, 2.05) is 0 Å². The van der Waals surface area contributed by atoms with Crippen LogP contribution in [0.1, 0.15) is 0 Å². The molecular weight excluding hydrogens is 1620 g/mol. The summed E-state index contributed by atoms with van der Waals surface area (Å²) in [7, 11) is -39.7. The average molecular weight is 1700 g/mol. The molecule has 616 valence electrons. The van der Waals surface area contributed by atoms with Crippen LogP contribution in [0, 0.1) is 0 Å². The normalized spacial score (nSPS) is 44.9. The van der Waals surface area contributed by atoms with Crippen LogP contribution in [-0.2, 0) is 168 Å². The van der Waals surface area contributed by atoms with E-state index in [-0.39, 0.29) is 0 Å². The molecule has 0 aliphatic carbocycles. The van der Waals surface area contributed by atoms with Gasteiger partial charge in [0, 0.05) is 0 Å². The van der Waals surface area contributed by atoms with E-state index >= 15 is 0 Å². The molecule has 63 heteroatoms. The molecule has 0 spiro atoms. The van der Waals surface area contributed by atoms with Crippen molar-refractivity contribution in [2.24, 2.45) is 0 Å². The van der Waals surface area contributed by atoms with Crippen LogP contribution < -0.4 is 0 Å². The summed E-state index contributed by atoms with van der Waals surface area (Å²) in [5, 5.41) is 163. The average Bonchev–Trinajstić information content (AvgIpc) is 0.789. The van der Waals surface area contributed by atoms with E-state index in [0.717, 1.165) is 0 Å². The SMILES string of the molecule is O=S(=O)(O)OC[C@@H]1O[C@H]2O[C@@H]3[C@@H](O)[C@H](O)[C@H](O[C@@H]4[C@@H](O)[C@H](O)[C@H](O[C@@H]5[C@@H](O)[C@@H](O)[C@H](O[C@@H]6[C@@H](O)[C@H](O)[C@H](O[C@@H]7[C@@H](O)[C@H](O)[C@H](O[C@@H]8[C@@H](O)[C@H](O)[C@H](O[C@@H]1[C@@H](O)[C@@H]2O)O[C@H]8COS(=O)(=O)O)O[C@H]7COS(=O)(=O)O)O[C@H]6COS(=O)(=O)O)O[C@H]5COS(=O)(=O)O)O[C@H]4COS(=O)(=O)O)O[C@H]3COS(=O)(=O)O. The summed E-state index contributed by atoms with van der Waals surface area (Å²) in [6.45, 7) is -11.6. The van der Waals surface area contributed by atoms with Gasteiger partial charge in [-0.1, -0.05) is 0 Å². The highest BCUT2D eigenvalue weighted by Crippen LogP contribution is 2.40. The van der Waals surface area contributed by atoms with Gasteiger partial charge in [-0.15, -0.1) is 0 Å². The third-order valence-corrected chi connectivity index (χ3v) is 19.2. The molecule has 105 heavy (non-hydrogen) atoms. The summed E-state index contributed by atoms with van der Waals surface area (Å²) in [6, 6.07) is 0. The first kappa shape index (κ1) is 88.5. The first-order valence-electron chi connectivity index (χ1n) is 29.2. The Kier molecular flexibility index (Phi) is 29.3. The smallest absolute Gasteiger partial charge is 0.387 e. The highest BCUT2D eigenvalue weighted by atomic mass is 32.3. The molecule has 0 aromatic rings. The minimum absolute atomic E-state index is 1.65. The topological polar surface area (TPSA) is 858 Å². The van der Waals surface area contributed by atoms with Crippen LogP contribution in [0.25, 0.3) is 0 Å². The van der Waals surface area contributed by atoms with Gasteiger partial charge in [-0.05, 0) is 0 Å². The molecule has 0 amide bonds. The molecule has 56 nitrogen and oxygen atoms in total. The first-order valence-corrected chi connectivity index (χ1v) is 38.8. The summed E-state index contributed by atoms with van der Waals surface area (Å²) in [5.74, 6) is 0. The van der Waals surface area contributed by atoms with E-state index in [9.17, 15) is 162 Å². The predicted octanol–water partition coefficient (Wildman–Crippen LogP) is -16.4. The van der Waals surface area contributed by atoms with Crippen LogP contribution in [0.3, 0.4) is 0 Å². The van der Waals surface area contributed by atoms with Gasteiger partial charge in [0.2, 0.25) is 0 Å². The fourth-order valence-electron chi connectivity index (χ4n) is 11.4. The number of aliphatic hydroxyl groups excluding tert-OH is 14. The van der Waals surface area contributed by atoms with E-state index in [2.05, 4.69) is 29.3 Å². The fraction of sp³-hybridized carbons (Fsp3) is 1.00. The lowest BCUT2D eigenvalue weighted by molar-refractivity contribution is -0.395. The molecule has 21 fully saturated rings. The number of hydrogen-bond donors (Lipinski definition) is 21. The zero-order valence-electron chi connectivity index (χ0n) is 51.7. The standard InChI is InChI=1S/C42H70O56S7/c43-15-22(50)36-85-8(1-78-99(57,58)59)29(15)92-37-23(51)16(44)31(10(86-37)3-80-101(63,64)65)94-39-25(53)18(46)33(12(88-39)5-82-103(69,70)71)96-41-27(55)20(48)35(14(90-41)7-84-105(75,76)77)98-42-28(56)21(49)34(13(91-42)6-83-104(72,73)74)97-40-26(54)19(47)32(11(89-40)4-81-102(66,67)68)95-38-24(52)17(45)30(93-36)9(87-38)2-79-100(60,61)62/h8-56H,1-7H2,(H,57,58,59)(H,60,61,62)(H,63,64,65)(H,66,67,68)(H,69,70,71)(H,72,73,74)(H,75,76,77)/t8-,9-,10-,11-,12-,13-,14-,15-,16-,17-,18-,19-,20-,21-,22-,23-,24-,25-,26-,27-,28+,29-,30-,31-,32-,33-,34-,35-,36-,37-,38-,39-,40-,41-,42-/m0/s1. The third kappa shape index (κ3) is 23.6. The van der Waals surface area contributed by atoms with Crippen molar-refractivity contribution in [3.63, 3.8) is 0 Å². The van der Waals surface area contributed by atoms with Crippen molar-refractivity contribution >= 4 is 72.8 Å². The molecule has 21 heterocycles. The van der Waals surface area contributed by atoms with Gasteiger partial charge in [-0.3, -0.25) is 31.9 Å². The molecule has 0 saturated carbocycles. The molecular formula is C42H70O56S7. The Morgan fingerprint density at radius 3 is 0.352 bits per heavy atom. The van der Waals surface area contributed by atoms with Crippen molar-refractivity contribution in [2.75, 3.05) is 46.2 Å². The number of hydrogen-bond acceptors (Lipinski definition) is 49. The van der Waals surface area contributed by atoms with Crippen molar-refractivity contribution in [3.8, 4) is 0 Å². The van der Waals surface area contributed by atoms with Crippen LogP contribution >= 0.6 is 0 Å². The Labute approximate surface area is 589 Å². The Hall–Kier alpha value is -2.03. The van der Waals surface area contributed by atoms with Crippen molar-refractivity contribution < 1.29 is 258 Å².